The van der Waals surface area contributed by atoms with Crippen LogP contribution in [0.4, 0.5) is 22.0 Å². The highest BCUT2D eigenvalue weighted by Crippen LogP contribution is 2.37. The predicted molar refractivity (Wildman–Crippen MR) is 44.7 cm³/mol. The summed E-state index contributed by atoms with van der Waals surface area (Å²) in [6, 6.07) is 0. The summed E-state index contributed by atoms with van der Waals surface area (Å²) in [6.45, 7) is 0. The molecule has 0 aliphatic heterocycles. The normalized spacial score (nSPS) is 12.2. The van der Waals surface area contributed by atoms with Crippen molar-refractivity contribution in [2.75, 3.05) is 0 Å². The van der Waals surface area contributed by atoms with Gasteiger partial charge in [0.05, 0.1) is 5.56 Å². The van der Waals surface area contributed by atoms with Crippen molar-refractivity contribution in [3.63, 3.8) is 0 Å². The van der Waals surface area contributed by atoms with Crippen LogP contribution in [0.15, 0.2) is 15.5 Å². The molecule has 1 rings (SSSR count). The summed E-state index contributed by atoms with van der Waals surface area (Å²) in [5.41, 5.74) is -4.79. The van der Waals surface area contributed by atoms with Gasteiger partial charge in [0.1, 0.15) is 5.56 Å². The fourth-order valence-electron chi connectivity index (χ4n) is 1.02. The Labute approximate surface area is 88.2 Å². The minimum Gasteiger partial charge on any atom is -0.327 e. The number of aromatic amines is 1. The summed E-state index contributed by atoms with van der Waals surface area (Å²) in [6.07, 6.45) is -7.74. The Morgan fingerprint density at radius 1 is 1.33 bits per heavy atom. The van der Waals surface area contributed by atoms with Gasteiger partial charge in [-0.25, -0.2) is 8.78 Å². The molecule has 0 aliphatic carbocycles. The summed E-state index contributed by atoms with van der Waals surface area (Å²) in [7, 11) is 0. The van der Waals surface area contributed by atoms with Gasteiger partial charge in [-0.15, -0.1) is 0 Å². The fraction of sp³-hybridized carbons (Fsp3) is 0.286. The van der Waals surface area contributed by atoms with Crippen LogP contribution in [0.3, 0.4) is 0 Å². The van der Waals surface area contributed by atoms with Gasteiger partial charge in [-0.1, -0.05) is 0 Å². The fourth-order valence-corrected chi connectivity index (χ4v) is 1.50. The van der Waals surface area contributed by atoms with Gasteiger partial charge in [0.2, 0.25) is 0 Å². The molecule has 0 aliphatic rings. The molecule has 0 bridgehead atoms. The van der Waals surface area contributed by atoms with Crippen molar-refractivity contribution >= 4 is 15.9 Å². The van der Waals surface area contributed by atoms with E-state index in [2.05, 4.69) is 15.9 Å². The van der Waals surface area contributed by atoms with Crippen molar-refractivity contribution in [1.82, 2.24) is 4.98 Å². The number of alkyl halides is 5. The first-order chi connectivity index (χ1) is 6.75. The zero-order chi connectivity index (χ0) is 11.8. The van der Waals surface area contributed by atoms with Crippen LogP contribution >= 0.6 is 15.9 Å². The molecular formula is C7H3BrF5NO. The van der Waals surface area contributed by atoms with Crippen molar-refractivity contribution in [2.24, 2.45) is 0 Å². The maximum atomic E-state index is 12.3. The van der Waals surface area contributed by atoms with Crippen LogP contribution in [-0.2, 0) is 6.18 Å². The molecule has 2 nitrogen and oxygen atoms in total. The van der Waals surface area contributed by atoms with Crippen LogP contribution in [-0.4, -0.2) is 4.98 Å². The van der Waals surface area contributed by atoms with E-state index in [1.54, 1.807) is 4.98 Å². The van der Waals surface area contributed by atoms with E-state index in [0.717, 1.165) is 6.20 Å². The molecule has 1 aromatic heterocycles. The van der Waals surface area contributed by atoms with E-state index >= 15 is 0 Å². The van der Waals surface area contributed by atoms with Crippen LogP contribution in [0, 0.1) is 0 Å². The molecule has 0 spiro atoms. The van der Waals surface area contributed by atoms with Crippen molar-refractivity contribution in [1.29, 1.82) is 0 Å². The van der Waals surface area contributed by atoms with E-state index in [0.29, 0.717) is 0 Å². The van der Waals surface area contributed by atoms with Gasteiger partial charge in [-0.05, 0) is 15.9 Å². The van der Waals surface area contributed by atoms with Crippen molar-refractivity contribution < 1.29 is 22.0 Å². The maximum Gasteiger partial charge on any atom is 0.422 e. The highest BCUT2D eigenvalue weighted by atomic mass is 79.9. The molecule has 0 unspecified atom stereocenters. The highest BCUT2D eigenvalue weighted by Gasteiger charge is 2.40. The van der Waals surface area contributed by atoms with Crippen LogP contribution in [0.25, 0.3) is 0 Å². The molecule has 8 heteroatoms. The van der Waals surface area contributed by atoms with Gasteiger partial charge in [-0.3, -0.25) is 4.79 Å². The molecule has 0 aromatic carbocycles. The minimum absolute atomic E-state index is 0.482. The number of pyridine rings is 1. The van der Waals surface area contributed by atoms with E-state index in [9.17, 15) is 26.7 Å². The molecule has 1 aromatic rings. The monoisotopic (exact) mass is 291 g/mol. The number of aromatic nitrogens is 1. The Hall–Kier alpha value is -0.920. The van der Waals surface area contributed by atoms with Gasteiger partial charge < -0.3 is 4.98 Å². The standard InChI is InChI=1S/C7H3BrF5NO/c8-2-1-14-6(15)4(7(11,12)13)3(2)5(9)10/h1,5H,(H,14,15). The summed E-state index contributed by atoms with van der Waals surface area (Å²) < 4.78 is 61.0. The van der Waals surface area contributed by atoms with Gasteiger partial charge in [0.15, 0.2) is 0 Å². The molecule has 0 amide bonds. The number of hydrogen-bond donors (Lipinski definition) is 1. The van der Waals surface area contributed by atoms with Crippen molar-refractivity contribution in [3.05, 3.63) is 32.2 Å². The number of halogens is 6. The van der Waals surface area contributed by atoms with Gasteiger partial charge in [-0.2, -0.15) is 13.2 Å². The Morgan fingerprint density at radius 2 is 1.87 bits per heavy atom. The van der Waals surface area contributed by atoms with E-state index < -0.39 is 33.8 Å². The Bertz CT molecular complexity index is 424. The first-order valence-electron chi connectivity index (χ1n) is 3.51. The van der Waals surface area contributed by atoms with Gasteiger partial charge in [0.25, 0.3) is 12.0 Å². The highest BCUT2D eigenvalue weighted by molar-refractivity contribution is 9.10. The molecule has 0 atom stereocenters. The lowest BCUT2D eigenvalue weighted by molar-refractivity contribution is -0.140. The number of nitrogens with one attached hydrogen (secondary N) is 1. The Balaban J connectivity index is 3.61. The Morgan fingerprint density at radius 3 is 2.20 bits per heavy atom. The minimum atomic E-state index is -5.11. The lowest BCUT2D eigenvalue weighted by Gasteiger charge is -2.12. The molecule has 0 fully saturated rings. The second-order valence-corrected chi connectivity index (χ2v) is 3.41. The third kappa shape index (κ3) is 2.36. The van der Waals surface area contributed by atoms with E-state index in [4.69, 9.17) is 0 Å². The quantitative estimate of drug-likeness (QED) is 0.793. The third-order valence-electron chi connectivity index (χ3n) is 1.59. The number of hydrogen-bond acceptors (Lipinski definition) is 1. The average Bonchev–Trinajstić information content (AvgIpc) is 2.05. The van der Waals surface area contributed by atoms with E-state index in [1.165, 1.54) is 0 Å². The van der Waals surface area contributed by atoms with E-state index in [-0.39, 0.29) is 0 Å². The Kier molecular flexibility index (Phi) is 3.17. The van der Waals surface area contributed by atoms with Crippen molar-refractivity contribution in [3.8, 4) is 0 Å². The molecule has 0 radical (unpaired) electrons. The van der Waals surface area contributed by atoms with Crippen LogP contribution in [0.2, 0.25) is 0 Å². The molecular weight excluding hydrogens is 289 g/mol. The zero-order valence-electron chi connectivity index (χ0n) is 6.83. The van der Waals surface area contributed by atoms with Gasteiger partial charge in [0, 0.05) is 10.7 Å². The predicted octanol–water partition coefficient (Wildman–Crippen LogP) is 3.09. The number of H-pyrrole nitrogens is 1. The summed E-state index contributed by atoms with van der Waals surface area (Å²) in [5.74, 6) is 0. The third-order valence-corrected chi connectivity index (χ3v) is 2.24. The largest absolute Gasteiger partial charge is 0.422 e. The zero-order valence-corrected chi connectivity index (χ0v) is 8.42. The molecule has 84 valence electrons. The van der Waals surface area contributed by atoms with Crippen LogP contribution in [0.5, 0.6) is 0 Å². The molecule has 15 heavy (non-hydrogen) atoms. The first-order valence-corrected chi connectivity index (χ1v) is 4.31. The lowest BCUT2D eigenvalue weighted by atomic mass is 10.1. The SMILES string of the molecule is O=c1[nH]cc(Br)c(C(F)F)c1C(F)(F)F. The van der Waals surface area contributed by atoms with Crippen molar-refractivity contribution in [2.45, 2.75) is 12.6 Å². The summed E-state index contributed by atoms with van der Waals surface area (Å²) in [4.78, 5) is 12.5. The molecule has 1 heterocycles. The summed E-state index contributed by atoms with van der Waals surface area (Å²) >= 11 is 2.52. The second kappa shape index (κ2) is 3.92. The lowest BCUT2D eigenvalue weighted by Crippen LogP contribution is -2.24. The van der Waals surface area contributed by atoms with Gasteiger partial charge >= 0.3 is 6.18 Å². The van der Waals surface area contributed by atoms with Crippen LogP contribution < -0.4 is 5.56 Å². The molecule has 0 saturated heterocycles. The first kappa shape index (κ1) is 12.2. The molecule has 0 saturated carbocycles. The average molecular weight is 292 g/mol. The van der Waals surface area contributed by atoms with E-state index in [1.807, 2.05) is 0 Å². The maximum absolute atomic E-state index is 12.3. The number of rotatable bonds is 1. The molecule has 1 N–H and O–H groups in total. The second-order valence-electron chi connectivity index (χ2n) is 2.55. The van der Waals surface area contributed by atoms with Crippen LogP contribution in [0.1, 0.15) is 17.6 Å². The topological polar surface area (TPSA) is 32.9 Å². The summed E-state index contributed by atoms with van der Waals surface area (Å²) in [5, 5.41) is 0. The smallest absolute Gasteiger partial charge is 0.327 e.